The van der Waals surface area contributed by atoms with Gasteiger partial charge < -0.3 is 4.74 Å². The summed E-state index contributed by atoms with van der Waals surface area (Å²) in [6.07, 6.45) is 3.84. The van der Waals surface area contributed by atoms with Crippen LogP contribution in [0.25, 0.3) is 0 Å². The molecule has 0 saturated carbocycles. The molecule has 2 heteroatoms. The largest absolute Gasteiger partial charge is 0.385 e. The Bertz CT molecular complexity index is 76.0. The Morgan fingerprint density at radius 3 is 2.73 bits per heavy atom. The number of unbranched alkanes of at least 4 members (excludes halogenated alkanes) is 1. The predicted octanol–water partition coefficient (Wildman–Crippen LogP) is 2.94. The summed E-state index contributed by atoms with van der Waals surface area (Å²) in [6, 6.07) is 0. The molecule has 0 aliphatic carbocycles. The zero-order chi connectivity index (χ0) is 8.53. The van der Waals surface area contributed by atoms with Crippen molar-refractivity contribution < 1.29 is 4.74 Å². The third-order valence-corrected chi connectivity index (χ3v) is 2.96. The van der Waals surface area contributed by atoms with Gasteiger partial charge >= 0.3 is 0 Å². The zero-order valence-electron chi connectivity index (χ0n) is 7.93. The zero-order valence-corrected chi connectivity index (χ0v) is 8.75. The number of hydrogen-bond acceptors (Lipinski definition) is 2. The molecule has 0 N–H and O–H groups in total. The van der Waals surface area contributed by atoms with Crippen molar-refractivity contribution in [2.45, 2.75) is 38.4 Å². The molecule has 1 unspecified atom stereocenters. The molecular formula is C9H20OS. The number of methoxy groups -OCH3 is 1. The highest BCUT2D eigenvalue weighted by Gasteiger charge is 2.00. The SMILES string of the molecule is CCCCSC(C)CCOC. The lowest BCUT2D eigenvalue weighted by molar-refractivity contribution is 0.195. The summed E-state index contributed by atoms with van der Waals surface area (Å²) in [5, 5.41) is 0.765. The van der Waals surface area contributed by atoms with Crippen LogP contribution in [0.2, 0.25) is 0 Å². The number of rotatable bonds is 7. The minimum absolute atomic E-state index is 0.765. The number of thioether (sulfide) groups is 1. The van der Waals surface area contributed by atoms with Gasteiger partial charge in [-0.05, 0) is 18.6 Å². The molecule has 0 heterocycles. The van der Waals surface area contributed by atoms with Crippen LogP contribution >= 0.6 is 11.8 Å². The van der Waals surface area contributed by atoms with Crippen LogP contribution in [0.15, 0.2) is 0 Å². The Kier molecular flexibility index (Phi) is 8.64. The third-order valence-electron chi connectivity index (χ3n) is 1.63. The Labute approximate surface area is 74.9 Å². The molecule has 0 aliphatic heterocycles. The lowest BCUT2D eigenvalue weighted by atomic mass is 10.3. The molecule has 68 valence electrons. The van der Waals surface area contributed by atoms with Gasteiger partial charge in [0.25, 0.3) is 0 Å². The fraction of sp³-hybridized carbons (Fsp3) is 1.00. The predicted molar refractivity (Wildman–Crippen MR) is 53.3 cm³/mol. The summed E-state index contributed by atoms with van der Waals surface area (Å²) >= 11 is 2.06. The molecule has 0 fully saturated rings. The summed E-state index contributed by atoms with van der Waals surface area (Å²) < 4.78 is 5.01. The van der Waals surface area contributed by atoms with Crippen molar-refractivity contribution in [2.75, 3.05) is 19.5 Å². The first-order valence-electron chi connectivity index (χ1n) is 4.41. The first-order valence-corrected chi connectivity index (χ1v) is 5.46. The van der Waals surface area contributed by atoms with Crippen LogP contribution in [0, 0.1) is 0 Å². The molecule has 0 radical (unpaired) electrons. The maximum Gasteiger partial charge on any atom is 0.0472 e. The van der Waals surface area contributed by atoms with Crippen molar-refractivity contribution >= 4 is 11.8 Å². The Hall–Kier alpha value is 0.310. The van der Waals surface area contributed by atoms with E-state index in [9.17, 15) is 0 Å². The van der Waals surface area contributed by atoms with Crippen molar-refractivity contribution in [1.29, 1.82) is 0 Å². The van der Waals surface area contributed by atoms with Crippen molar-refractivity contribution in [3.63, 3.8) is 0 Å². The lowest BCUT2D eigenvalue weighted by Crippen LogP contribution is -2.02. The van der Waals surface area contributed by atoms with Gasteiger partial charge in [-0.1, -0.05) is 20.3 Å². The first kappa shape index (κ1) is 11.3. The van der Waals surface area contributed by atoms with Gasteiger partial charge in [0, 0.05) is 19.0 Å². The lowest BCUT2D eigenvalue weighted by Gasteiger charge is -2.09. The fourth-order valence-corrected chi connectivity index (χ4v) is 1.92. The molecule has 0 saturated heterocycles. The van der Waals surface area contributed by atoms with Crippen LogP contribution < -0.4 is 0 Å². The molecule has 0 spiro atoms. The quantitative estimate of drug-likeness (QED) is 0.552. The van der Waals surface area contributed by atoms with E-state index in [1.54, 1.807) is 7.11 Å². The second-order valence-corrected chi connectivity index (χ2v) is 4.36. The summed E-state index contributed by atoms with van der Waals surface area (Å²) in [7, 11) is 1.77. The van der Waals surface area contributed by atoms with Gasteiger partial charge in [-0.25, -0.2) is 0 Å². The van der Waals surface area contributed by atoms with E-state index in [1.165, 1.54) is 25.0 Å². The maximum absolute atomic E-state index is 5.01. The minimum Gasteiger partial charge on any atom is -0.385 e. The standard InChI is InChI=1S/C9H20OS/c1-4-5-8-11-9(2)6-7-10-3/h9H,4-8H2,1-3H3. The van der Waals surface area contributed by atoms with Gasteiger partial charge in [-0.3, -0.25) is 0 Å². The Morgan fingerprint density at radius 1 is 1.45 bits per heavy atom. The molecule has 0 aromatic rings. The van der Waals surface area contributed by atoms with Crippen molar-refractivity contribution in [1.82, 2.24) is 0 Å². The van der Waals surface area contributed by atoms with Gasteiger partial charge in [-0.2, -0.15) is 11.8 Å². The van der Waals surface area contributed by atoms with E-state index in [1.807, 2.05) is 0 Å². The van der Waals surface area contributed by atoms with E-state index in [0.717, 1.165) is 11.9 Å². The van der Waals surface area contributed by atoms with Crippen molar-refractivity contribution in [2.24, 2.45) is 0 Å². The molecule has 11 heavy (non-hydrogen) atoms. The van der Waals surface area contributed by atoms with Gasteiger partial charge in [0.05, 0.1) is 0 Å². The van der Waals surface area contributed by atoms with E-state index in [2.05, 4.69) is 25.6 Å². The smallest absolute Gasteiger partial charge is 0.0472 e. The molecule has 1 nitrogen and oxygen atoms in total. The minimum atomic E-state index is 0.765. The topological polar surface area (TPSA) is 9.23 Å². The van der Waals surface area contributed by atoms with Gasteiger partial charge in [0.2, 0.25) is 0 Å². The van der Waals surface area contributed by atoms with Crippen molar-refractivity contribution in [3.8, 4) is 0 Å². The van der Waals surface area contributed by atoms with Gasteiger partial charge in [-0.15, -0.1) is 0 Å². The van der Waals surface area contributed by atoms with Crippen LogP contribution in [0.1, 0.15) is 33.1 Å². The molecule has 0 amide bonds. The molecule has 0 aliphatic rings. The number of hydrogen-bond donors (Lipinski definition) is 0. The molecule has 1 atom stereocenters. The second kappa shape index (κ2) is 8.41. The van der Waals surface area contributed by atoms with Crippen LogP contribution in [0.4, 0.5) is 0 Å². The maximum atomic E-state index is 5.01. The first-order chi connectivity index (χ1) is 5.31. The summed E-state index contributed by atoms with van der Waals surface area (Å²) in [5.41, 5.74) is 0. The molecule has 0 aromatic heterocycles. The molecule has 0 bridgehead atoms. The van der Waals surface area contributed by atoms with Crippen LogP contribution in [0.5, 0.6) is 0 Å². The summed E-state index contributed by atoms with van der Waals surface area (Å²) in [6.45, 7) is 5.42. The average Bonchev–Trinajstić information content (AvgIpc) is 2.01. The van der Waals surface area contributed by atoms with Gasteiger partial charge in [0.1, 0.15) is 0 Å². The van der Waals surface area contributed by atoms with Gasteiger partial charge in [0.15, 0.2) is 0 Å². The highest BCUT2D eigenvalue weighted by molar-refractivity contribution is 7.99. The molecular weight excluding hydrogens is 156 g/mol. The van der Waals surface area contributed by atoms with E-state index < -0.39 is 0 Å². The van der Waals surface area contributed by atoms with E-state index in [-0.39, 0.29) is 0 Å². The third kappa shape index (κ3) is 8.21. The monoisotopic (exact) mass is 176 g/mol. The fourth-order valence-electron chi connectivity index (χ4n) is 0.796. The van der Waals surface area contributed by atoms with Crippen LogP contribution in [0.3, 0.4) is 0 Å². The van der Waals surface area contributed by atoms with Crippen molar-refractivity contribution in [3.05, 3.63) is 0 Å². The van der Waals surface area contributed by atoms with Crippen LogP contribution in [-0.2, 0) is 4.74 Å². The highest BCUT2D eigenvalue weighted by Crippen LogP contribution is 2.15. The van der Waals surface area contributed by atoms with E-state index in [0.29, 0.717) is 0 Å². The molecule has 0 aromatic carbocycles. The average molecular weight is 176 g/mol. The Morgan fingerprint density at radius 2 is 2.18 bits per heavy atom. The Balaban J connectivity index is 3.02. The second-order valence-electron chi connectivity index (χ2n) is 2.82. The number of ether oxygens (including phenoxy) is 1. The molecule has 0 rings (SSSR count). The van der Waals surface area contributed by atoms with Crippen LogP contribution in [-0.4, -0.2) is 24.7 Å². The normalized spacial score (nSPS) is 13.4. The van der Waals surface area contributed by atoms with E-state index in [4.69, 9.17) is 4.74 Å². The summed E-state index contributed by atoms with van der Waals surface area (Å²) in [4.78, 5) is 0. The highest BCUT2D eigenvalue weighted by atomic mass is 32.2. The van der Waals surface area contributed by atoms with E-state index >= 15 is 0 Å². The summed E-state index contributed by atoms with van der Waals surface area (Å²) in [5.74, 6) is 1.31.